The zero-order valence-electron chi connectivity index (χ0n) is 17.7. The minimum absolute atomic E-state index is 0.157. The van der Waals surface area contributed by atoms with E-state index < -0.39 is 10.0 Å². The van der Waals surface area contributed by atoms with E-state index in [9.17, 15) is 13.2 Å². The SMILES string of the molecule is CCc1ccc(C(C)NC(=O)c2ccc3c(c2)N(S(=O)(=O)c2ccccc2)CC3)cc1. The highest BCUT2D eigenvalue weighted by atomic mass is 32.2. The predicted molar refractivity (Wildman–Crippen MR) is 123 cm³/mol. The highest BCUT2D eigenvalue weighted by Crippen LogP contribution is 2.34. The van der Waals surface area contributed by atoms with E-state index in [1.807, 2.05) is 25.1 Å². The Morgan fingerprint density at radius 2 is 1.74 bits per heavy atom. The standard InChI is InChI=1S/C25H26N2O3S/c1-3-19-9-11-20(12-10-19)18(2)26-25(28)22-14-13-21-15-16-27(24(21)17-22)31(29,30)23-7-5-4-6-8-23/h4-14,17-18H,3,15-16H2,1-2H3,(H,26,28). The molecule has 1 N–H and O–H groups in total. The van der Waals surface area contributed by atoms with Crippen molar-refractivity contribution in [2.45, 2.75) is 37.6 Å². The molecule has 1 unspecified atom stereocenters. The number of sulfonamides is 1. The van der Waals surface area contributed by atoms with Crippen LogP contribution < -0.4 is 9.62 Å². The number of fused-ring (bicyclic) bond motifs is 1. The van der Waals surface area contributed by atoms with Crippen molar-refractivity contribution in [2.24, 2.45) is 0 Å². The largest absolute Gasteiger partial charge is 0.346 e. The van der Waals surface area contributed by atoms with Gasteiger partial charge in [0.15, 0.2) is 0 Å². The van der Waals surface area contributed by atoms with Gasteiger partial charge in [0.25, 0.3) is 15.9 Å². The molecule has 0 radical (unpaired) electrons. The molecule has 31 heavy (non-hydrogen) atoms. The Morgan fingerprint density at radius 3 is 2.42 bits per heavy atom. The minimum atomic E-state index is -3.67. The molecule has 0 spiro atoms. The fourth-order valence-corrected chi connectivity index (χ4v) is 5.38. The summed E-state index contributed by atoms with van der Waals surface area (Å²) in [6, 6.07) is 21.7. The number of anilines is 1. The fourth-order valence-electron chi connectivity index (χ4n) is 3.87. The number of hydrogen-bond donors (Lipinski definition) is 1. The quantitative estimate of drug-likeness (QED) is 0.622. The van der Waals surface area contributed by atoms with E-state index >= 15 is 0 Å². The molecule has 0 saturated carbocycles. The summed E-state index contributed by atoms with van der Waals surface area (Å²) in [5.74, 6) is -0.223. The van der Waals surface area contributed by atoms with Crippen molar-refractivity contribution in [1.82, 2.24) is 5.32 Å². The predicted octanol–water partition coefficient (Wildman–Crippen LogP) is 4.49. The number of aryl methyl sites for hydroxylation is 1. The summed E-state index contributed by atoms with van der Waals surface area (Å²) in [4.78, 5) is 13.2. The average Bonchev–Trinajstić information content (AvgIpc) is 3.24. The summed E-state index contributed by atoms with van der Waals surface area (Å²) in [7, 11) is -3.67. The van der Waals surface area contributed by atoms with Crippen LogP contribution in [0.4, 0.5) is 5.69 Å². The first-order valence-corrected chi connectivity index (χ1v) is 11.9. The molecule has 1 aliphatic rings. The van der Waals surface area contributed by atoms with Crippen molar-refractivity contribution in [3.8, 4) is 0 Å². The third-order valence-corrected chi connectivity index (χ3v) is 7.59. The van der Waals surface area contributed by atoms with Gasteiger partial charge in [-0.2, -0.15) is 0 Å². The van der Waals surface area contributed by atoms with Crippen molar-refractivity contribution < 1.29 is 13.2 Å². The second kappa shape index (κ2) is 8.55. The molecule has 4 rings (SSSR count). The van der Waals surface area contributed by atoms with Gasteiger partial charge in [0, 0.05) is 12.1 Å². The van der Waals surface area contributed by atoms with E-state index in [0.717, 1.165) is 17.5 Å². The maximum absolute atomic E-state index is 13.1. The van der Waals surface area contributed by atoms with Crippen molar-refractivity contribution >= 4 is 21.6 Å². The Labute approximate surface area is 183 Å². The van der Waals surface area contributed by atoms with Gasteiger partial charge in [-0.25, -0.2) is 8.42 Å². The number of amides is 1. The monoisotopic (exact) mass is 434 g/mol. The molecule has 1 amide bonds. The first-order valence-electron chi connectivity index (χ1n) is 10.5. The molecule has 0 fully saturated rings. The van der Waals surface area contributed by atoms with E-state index in [2.05, 4.69) is 24.4 Å². The fraction of sp³-hybridized carbons (Fsp3) is 0.240. The molecular weight excluding hydrogens is 408 g/mol. The van der Waals surface area contributed by atoms with Crippen LogP contribution in [-0.2, 0) is 22.9 Å². The Hall–Kier alpha value is -3.12. The zero-order valence-corrected chi connectivity index (χ0v) is 18.5. The topological polar surface area (TPSA) is 66.5 Å². The van der Waals surface area contributed by atoms with E-state index in [-0.39, 0.29) is 16.8 Å². The normalized spacial score (nSPS) is 14.2. The van der Waals surface area contributed by atoms with Crippen LogP contribution >= 0.6 is 0 Å². The Balaban J connectivity index is 1.56. The van der Waals surface area contributed by atoms with Crippen LogP contribution in [0.5, 0.6) is 0 Å². The van der Waals surface area contributed by atoms with Gasteiger partial charge in [0.2, 0.25) is 0 Å². The smallest absolute Gasteiger partial charge is 0.264 e. The molecule has 0 saturated heterocycles. The van der Waals surface area contributed by atoms with Crippen molar-refractivity contribution in [2.75, 3.05) is 10.8 Å². The highest BCUT2D eigenvalue weighted by Gasteiger charge is 2.31. The van der Waals surface area contributed by atoms with E-state index in [1.165, 1.54) is 9.87 Å². The number of carbonyl (C=O) groups is 1. The van der Waals surface area contributed by atoms with Gasteiger partial charge in [-0.3, -0.25) is 9.10 Å². The van der Waals surface area contributed by atoms with E-state index in [4.69, 9.17) is 0 Å². The van der Waals surface area contributed by atoms with Crippen LogP contribution in [0.1, 0.15) is 46.9 Å². The maximum atomic E-state index is 13.1. The number of benzene rings is 3. The zero-order chi connectivity index (χ0) is 22.0. The summed E-state index contributed by atoms with van der Waals surface area (Å²) in [6.45, 7) is 4.42. The molecule has 1 aliphatic heterocycles. The second-order valence-electron chi connectivity index (χ2n) is 7.77. The number of nitrogens with one attached hydrogen (secondary N) is 1. The molecule has 1 atom stereocenters. The molecule has 0 bridgehead atoms. The highest BCUT2D eigenvalue weighted by molar-refractivity contribution is 7.92. The summed E-state index contributed by atoms with van der Waals surface area (Å²) < 4.78 is 27.6. The Morgan fingerprint density at radius 1 is 1.03 bits per heavy atom. The lowest BCUT2D eigenvalue weighted by Crippen LogP contribution is -2.30. The van der Waals surface area contributed by atoms with Crippen LogP contribution in [0.25, 0.3) is 0 Å². The average molecular weight is 435 g/mol. The molecule has 3 aromatic rings. The van der Waals surface area contributed by atoms with Gasteiger partial charge in [0.1, 0.15) is 0 Å². The van der Waals surface area contributed by atoms with Crippen LogP contribution in [0, 0.1) is 0 Å². The summed E-state index contributed by atoms with van der Waals surface area (Å²) in [6.07, 6.45) is 1.60. The van der Waals surface area contributed by atoms with Crippen LogP contribution in [0.15, 0.2) is 77.7 Å². The second-order valence-corrected chi connectivity index (χ2v) is 9.64. The van der Waals surface area contributed by atoms with Crippen LogP contribution in [-0.4, -0.2) is 20.9 Å². The molecule has 0 aromatic heterocycles. The van der Waals surface area contributed by atoms with Gasteiger partial charge in [-0.15, -0.1) is 0 Å². The third kappa shape index (κ3) is 4.21. The molecule has 5 nitrogen and oxygen atoms in total. The number of rotatable bonds is 6. The van der Waals surface area contributed by atoms with Gasteiger partial charge < -0.3 is 5.32 Å². The van der Waals surface area contributed by atoms with Crippen LogP contribution in [0.2, 0.25) is 0 Å². The van der Waals surface area contributed by atoms with Gasteiger partial charge >= 0.3 is 0 Å². The molecular formula is C25H26N2O3S. The molecule has 1 heterocycles. The summed E-state index contributed by atoms with van der Waals surface area (Å²) in [5.41, 5.74) is 4.24. The summed E-state index contributed by atoms with van der Waals surface area (Å²) >= 11 is 0. The number of nitrogens with zero attached hydrogens (tertiary/aromatic N) is 1. The van der Waals surface area contributed by atoms with Gasteiger partial charge in [-0.05, 0) is 60.7 Å². The first-order chi connectivity index (χ1) is 14.9. The van der Waals surface area contributed by atoms with Gasteiger partial charge in [-0.1, -0.05) is 55.5 Å². The minimum Gasteiger partial charge on any atom is -0.346 e. The first kappa shape index (κ1) is 21.1. The molecule has 160 valence electrons. The third-order valence-electron chi connectivity index (χ3n) is 5.77. The van der Waals surface area contributed by atoms with Crippen molar-refractivity contribution in [3.05, 3.63) is 95.1 Å². The number of carbonyl (C=O) groups excluding carboxylic acids is 1. The maximum Gasteiger partial charge on any atom is 0.264 e. The Bertz CT molecular complexity index is 1190. The molecule has 3 aromatic carbocycles. The van der Waals surface area contributed by atoms with Gasteiger partial charge in [0.05, 0.1) is 16.6 Å². The molecule has 0 aliphatic carbocycles. The lowest BCUT2D eigenvalue weighted by molar-refractivity contribution is 0.0940. The molecule has 6 heteroatoms. The van der Waals surface area contributed by atoms with E-state index in [1.54, 1.807) is 42.5 Å². The van der Waals surface area contributed by atoms with Crippen molar-refractivity contribution in [1.29, 1.82) is 0 Å². The van der Waals surface area contributed by atoms with Crippen LogP contribution in [0.3, 0.4) is 0 Å². The lowest BCUT2D eigenvalue weighted by Gasteiger charge is -2.20. The summed E-state index contributed by atoms with van der Waals surface area (Å²) in [5, 5.41) is 3.02. The number of hydrogen-bond acceptors (Lipinski definition) is 3. The van der Waals surface area contributed by atoms with E-state index in [0.29, 0.717) is 24.2 Å². The lowest BCUT2D eigenvalue weighted by atomic mass is 10.0. The Kier molecular flexibility index (Phi) is 5.83. The van der Waals surface area contributed by atoms with Crippen molar-refractivity contribution in [3.63, 3.8) is 0 Å².